The molecule has 0 heterocycles. The summed E-state index contributed by atoms with van der Waals surface area (Å²) in [6.07, 6.45) is 0.258. The Bertz CT molecular complexity index is 37.3. The molecule has 0 saturated heterocycles. The molecule has 0 saturated carbocycles. The van der Waals surface area contributed by atoms with E-state index in [0.717, 1.165) is 0 Å². The van der Waals surface area contributed by atoms with Gasteiger partial charge in [0, 0.05) is 0 Å². The molecule has 0 nitrogen and oxygen atoms in total. The van der Waals surface area contributed by atoms with Crippen molar-refractivity contribution in [2.75, 3.05) is 0 Å². The zero-order valence-corrected chi connectivity index (χ0v) is 4.43. The standard InChI is InChI=1S/C4H7ClF/c1-3-4(2,5)6/h2-3H2,1H3. The lowest BCUT2D eigenvalue weighted by Gasteiger charge is -2.03. The van der Waals surface area contributed by atoms with Crippen LogP contribution in [0.3, 0.4) is 0 Å². The molecule has 0 aliphatic heterocycles. The van der Waals surface area contributed by atoms with Crippen molar-refractivity contribution in [2.24, 2.45) is 0 Å². The van der Waals surface area contributed by atoms with Crippen LogP contribution in [0.25, 0.3) is 0 Å². The first-order valence-corrected chi connectivity index (χ1v) is 2.17. The van der Waals surface area contributed by atoms with Crippen LogP contribution in [0.2, 0.25) is 0 Å². The molecule has 0 rings (SSSR count). The Labute approximate surface area is 42.3 Å². The van der Waals surface area contributed by atoms with Crippen LogP contribution in [0.5, 0.6) is 0 Å². The van der Waals surface area contributed by atoms with E-state index in [-0.39, 0.29) is 6.42 Å². The maximum absolute atomic E-state index is 11.8. The number of hydrogen-bond donors (Lipinski definition) is 0. The van der Waals surface area contributed by atoms with Crippen molar-refractivity contribution in [2.45, 2.75) is 18.5 Å². The molecule has 0 N–H and O–H groups in total. The second kappa shape index (κ2) is 1.78. The van der Waals surface area contributed by atoms with Crippen molar-refractivity contribution in [3.63, 3.8) is 0 Å². The van der Waals surface area contributed by atoms with Gasteiger partial charge in [0.1, 0.15) is 0 Å². The predicted octanol–water partition coefficient (Wildman–Crippen LogP) is 2.14. The molecule has 37 valence electrons. The molecule has 1 atom stereocenters. The molecule has 0 aliphatic rings. The summed E-state index contributed by atoms with van der Waals surface area (Å²) in [7, 11) is 0. The third-order valence-corrected chi connectivity index (χ3v) is 0.785. The summed E-state index contributed by atoms with van der Waals surface area (Å²) in [6.45, 7) is 4.63. The first-order valence-electron chi connectivity index (χ1n) is 1.79. The number of alkyl halides is 2. The first-order chi connectivity index (χ1) is 2.56. The van der Waals surface area contributed by atoms with Crippen molar-refractivity contribution in [3.05, 3.63) is 6.92 Å². The average molecular weight is 110 g/mol. The second-order valence-corrected chi connectivity index (χ2v) is 1.89. The molecule has 0 bridgehead atoms. The highest BCUT2D eigenvalue weighted by Crippen LogP contribution is 2.17. The third kappa shape index (κ3) is 4.22. The SMILES string of the molecule is [CH2]C(F)(Cl)CC. The van der Waals surface area contributed by atoms with Crippen LogP contribution < -0.4 is 0 Å². The Morgan fingerprint density at radius 1 is 2.00 bits per heavy atom. The van der Waals surface area contributed by atoms with E-state index in [2.05, 4.69) is 6.92 Å². The summed E-state index contributed by atoms with van der Waals surface area (Å²) >= 11 is 4.94. The topological polar surface area (TPSA) is 0 Å². The van der Waals surface area contributed by atoms with E-state index in [4.69, 9.17) is 11.6 Å². The summed E-state index contributed by atoms with van der Waals surface area (Å²) in [5.74, 6) is 0. The third-order valence-electron chi connectivity index (χ3n) is 0.517. The zero-order chi connectivity index (χ0) is 5.21. The zero-order valence-electron chi connectivity index (χ0n) is 3.67. The molecular formula is C4H7ClF. The Balaban J connectivity index is 3.17. The predicted molar refractivity (Wildman–Crippen MR) is 25.3 cm³/mol. The van der Waals surface area contributed by atoms with Gasteiger partial charge in [-0.2, -0.15) is 0 Å². The van der Waals surface area contributed by atoms with Gasteiger partial charge in [-0.3, -0.25) is 0 Å². The molecular weight excluding hydrogens is 102 g/mol. The molecule has 0 aromatic heterocycles. The van der Waals surface area contributed by atoms with Gasteiger partial charge in [0.15, 0.2) is 5.13 Å². The van der Waals surface area contributed by atoms with Crippen LogP contribution in [0, 0.1) is 6.92 Å². The molecule has 1 unspecified atom stereocenters. The van der Waals surface area contributed by atoms with Crippen LogP contribution in [0.1, 0.15) is 13.3 Å². The van der Waals surface area contributed by atoms with E-state index in [1.807, 2.05) is 0 Å². The normalized spacial score (nSPS) is 20.0. The fourth-order valence-electron chi connectivity index (χ4n) is 0. The van der Waals surface area contributed by atoms with Crippen LogP contribution in [-0.4, -0.2) is 5.13 Å². The van der Waals surface area contributed by atoms with Crippen LogP contribution in [0.4, 0.5) is 4.39 Å². The summed E-state index contributed by atoms with van der Waals surface area (Å²) in [5, 5.41) is -1.74. The maximum Gasteiger partial charge on any atom is 0.183 e. The fourth-order valence-corrected chi connectivity index (χ4v) is 0. The Morgan fingerprint density at radius 3 is 2.17 bits per heavy atom. The molecule has 0 aromatic rings. The monoisotopic (exact) mass is 109 g/mol. The lowest BCUT2D eigenvalue weighted by Crippen LogP contribution is -2.03. The molecule has 0 amide bonds. The largest absolute Gasteiger partial charge is 0.226 e. The highest BCUT2D eigenvalue weighted by molar-refractivity contribution is 6.23. The number of halogens is 2. The molecule has 6 heavy (non-hydrogen) atoms. The molecule has 0 aromatic carbocycles. The highest BCUT2D eigenvalue weighted by Gasteiger charge is 2.13. The van der Waals surface area contributed by atoms with E-state index in [1.54, 1.807) is 6.92 Å². The van der Waals surface area contributed by atoms with Crippen molar-refractivity contribution in [3.8, 4) is 0 Å². The van der Waals surface area contributed by atoms with Crippen LogP contribution >= 0.6 is 11.6 Å². The summed E-state index contributed by atoms with van der Waals surface area (Å²) in [6, 6.07) is 0. The quantitative estimate of drug-likeness (QED) is 0.453. The minimum atomic E-state index is -1.74. The lowest BCUT2D eigenvalue weighted by molar-refractivity contribution is 0.333. The number of hydrogen-bond acceptors (Lipinski definition) is 0. The van der Waals surface area contributed by atoms with Gasteiger partial charge in [-0.25, -0.2) is 4.39 Å². The minimum absolute atomic E-state index is 0.258. The summed E-state index contributed by atoms with van der Waals surface area (Å²) in [5.41, 5.74) is 0. The average Bonchev–Trinajstić information content (AvgIpc) is 1.35. The van der Waals surface area contributed by atoms with E-state index in [1.165, 1.54) is 0 Å². The van der Waals surface area contributed by atoms with Gasteiger partial charge in [-0.1, -0.05) is 18.5 Å². The van der Waals surface area contributed by atoms with E-state index >= 15 is 0 Å². The van der Waals surface area contributed by atoms with E-state index in [0.29, 0.717) is 0 Å². The van der Waals surface area contributed by atoms with Gasteiger partial charge in [-0.05, 0) is 13.3 Å². The van der Waals surface area contributed by atoms with Crippen LogP contribution in [-0.2, 0) is 0 Å². The lowest BCUT2D eigenvalue weighted by atomic mass is 10.3. The van der Waals surface area contributed by atoms with Crippen molar-refractivity contribution >= 4 is 11.6 Å². The molecule has 0 spiro atoms. The van der Waals surface area contributed by atoms with E-state index < -0.39 is 5.13 Å². The molecule has 0 fully saturated rings. The Hall–Kier alpha value is 0.220. The number of rotatable bonds is 1. The van der Waals surface area contributed by atoms with Gasteiger partial charge in [0.05, 0.1) is 0 Å². The van der Waals surface area contributed by atoms with Gasteiger partial charge in [0.25, 0.3) is 0 Å². The van der Waals surface area contributed by atoms with Crippen molar-refractivity contribution in [1.82, 2.24) is 0 Å². The molecule has 1 radical (unpaired) electrons. The van der Waals surface area contributed by atoms with E-state index in [9.17, 15) is 4.39 Å². The van der Waals surface area contributed by atoms with Gasteiger partial charge in [0.2, 0.25) is 0 Å². The van der Waals surface area contributed by atoms with Gasteiger partial charge < -0.3 is 0 Å². The minimum Gasteiger partial charge on any atom is -0.226 e. The first kappa shape index (κ1) is 6.22. The van der Waals surface area contributed by atoms with Gasteiger partial charge in [-0.15, -0.1) is 0 Å². The van der Waals surface area contributed by atoms with Crippen molar-refractivity contribution in [1.29, 1.82) is 0 Å². The summed E-state index contributed by atoms with van der Waals surface area (Å²) < 4.78 is 11.8. The Morgan fingerprint density at radius 2 is 2.17 bits per heavy atom. The maximum atomic E-state index is 11.8. The van der Waals surface area contributed by atoms with Crippen molar-refractivity contribution < 1.29 is 4.39 Å². The second-order valence-electron chi connectivity index (χ2n) is 1.21. The van der Waals surface area contributed by atoms with Gasteiger partial charge >= 0.3 is 0 Å². The van der Waals surface area contributed by atoms with Crippen LogP contribution in [0.15, 0.2) is 0 Å². The molecule has 2 heteroatoms. The smallest absolute Gasteiger partial charge is 0.183 e. The molecule has 0 aliphatic carbocycles. The fraction of sp³-hybridized carbons (Fsp3) is 0.750. The highest BCUT2D eigenvalue weighted by atomic mass is 35.5. The summed E-state index contributed by atoms with van der Waals surface area (Å²) in [4.78, 5) is 0. The Kier molecular flexibility index (Phi) is 1.85.